The monoisotopic (exact) mass is 270 g/mol. The summed E-state index contributed by atoms with van der Waals surface area (Å²) < 4.78 is 13.5. The van der Waals surface area contributed by atoms with Crippen molar-refractivity contribution in [3.8, 4) is 0 Å². The van der Waals surface area contributed by atoms with E-state index in [1.807, 2.05) is 0 Å². The summed E-state index contributed by atoms with van der Waals surface area (Å²) >= 11 is 11.9. The Hall–Kier alpha value is -1.45. The normalized spacial score (nSPS) is 10.3. The number of halogens is 3. The Balaban J connectivity index is 2.38. The van der Waals surface area contributed by atoms with E-state index in [-0.39, 0.29) is 10.7 Å². The lowest BCUT2D eigenvalue weighted by atomic mass is 10.2. The van der Waals surface area contributed by atoms with Gasteiger partial charge in [-0.3, -0.25) is 0 Å². The Morgan fingerprint density at radius 2 is 1.82 bits per heavy atom. The average Bonchev–Trinajstić information content (AvgIpc) is 2.26. The second-order valence-electron chi connectivity index (χ2n) is 3.46. The highest BCUT2D eigenvalue weighted by atomic mass is 35.5. The molecule has 0 unspecified atom stereocenters. The first-order chi connectivity index (χ1) is 8.08. The van der Waals surface area contributed by atoms with E-state index < -0.39 is 5.82 Å². The highest BCUT2D eigenvalue weighted by Crippen LogP contribution is 2.32. The lowest BCUT2D eigenvalue weighted by Crippen LogP contribution is -1.96. The summed E-state index contributed by atoms with van der Waals surface area (Å²) in [6.07, 6.45) is 0. The van der Waals surface area contributed by atoms with Crippen LogP contribution in [0.3, 0.4) is 0 Å². The molecule has 17 heavy (non-hydrogen) atoms. The van der Waals surface area contributed by atoms with Crippen molar-refractivity contribution >= 4 is 40.3 Å². The van der Waals surface area contributed by atoms with Crippen molar-refractivity contribution in [2.24, 2.45) is 0 Å². The molecule has 2 aromatic carbocycles. The summed E-state index contributed by atoms with van der Waals surface area (Å²) in [4.78, 5) is 0. The van der Waals surface area contributed by atoms with E-state index in [9.17, 15) is 4.39 Å². The SMILES string of the molecule is Nc1ccc(Nc2c(F)cccc2Cl)c(Cl)c1. The van der Waals surface area contributed by atoms with Gasteiger partial charge in [0.05, 0.1) is 21.4 Å². The Morgan fingerprint density at radius 3 is 2.47 bits per heavy atom. The van der Waals surface area contributed by atoms with Crippen LogP contribution in [0.15, 0.2) is 36.4 Å². The fourth-order valence-corrected chi connectivity index (χ4v) is 1.83. The minimum absolute atomic E-state index is 0.195. The molecule has 0 aliphatic rings. The van der Waals surface area contributed by atoms with Crippen LogP contribution < -0.4 is 11.1 Å². The van der Waals surface area contributed by atoms with Gasteiger partial charge in [-0.25, -0.2) is 4.39 Å². The van der Waals surface area contributed by atoms with E-state index in [1.165, 1.54) is 12.1 Å². The van der Waals surface area contributed by atoms with Gasteiger partial charge < -0.3 is 11.1 Å². The molecule has 0 fully saturated rings. The molecule has 3 N–H and O–H groups in total. The average molecular weight is 271 g/mol. The van der Waals surface area contributed by atoms with Gasteiger partial charge in [0.1, 0.15) is 5.82 Å². The van der Waals surface area contributed by atoms with Crippen LogP contribution in [-0.4, -0.2) is 0 Å². The first kappa shape index (κ1) is 12.0. The van der Waals surface area contributed by atoms with E-state index in [0.29, 0.717) is 16.4 Å². The summed E-state index contributed by atoms with van der Waals surface area (Å²) in [5.74, 6) is -0.439. The highest BCUT2D eigenvalue weighted by Gasteiger charge is 2.08. The topological polar surface area (TPSA) is 38.0 Å². The van der Waals surface area contributed by atoms with Crippen molar-refractivity contribution in [1.82, 2.24) is 0 Å². The fraction of sp³-hybridized carbons (Fsp3) is 0. The summed E-state index contributed by atoms with van der Waals surface area (Å²) in [5.41, 5.74) is 6.85. The van der Waals surface area contributed by atoms with Crippen molar-refractivity contribution in [1.29, 1.82) is 0 Å². The van der Waals surface area contributed by atoms with Gasteiger partial charge in [0, 0.05) is 5.69 Å². The van der Waals surface area contributed by atoms with Gasteiger partial charge in [-0.2, -0.15) is 0 Å². The molecule has 2 rings (SSSR count). The van der Waals surface area contributed by atoms with Gasteiger partial charge in [-0.05, 0) is 30.3 Å². The van der Waals surface area contributed by atoms with Crippen molar-refractivity contribution in [2.45, 2.75) is 0 Å². The Bertz CT molecular complexity index is 538. The Labute approximate surface area is 108 Å². The maximum atomic E-state index is 13.5. The molecule has 0 heterocycles. The number of rotatable bonds is 2. The second-order valence-corrected chi connectivity index (χ2v) is 4.28. The van der Waals surface area contributed by atoms with Crippen LogP contribution in [0.25, 0.3) is 0 Å². The zero-order chi connectivity index (χ0) is 12.4. The van der Waals surface area contributed by atoms with Crippen molar-refractivity contribution in [3.05, 3.63) is 52.3 Å². The van der Waals surface area contributed by atoms with Crippen molar-refractivity contribution in [2.75, 3.05) is 11.1 Å². The number of hydrogen-bond donors (Lipinski definition) is 2. The van der Waals surface area contributed by atoms with E-state index in [4.69, 9.17) is 28.9 Å². The molecule has 0 amide bonds. The van der Waals surface area contributed by atoms with E-state index in [2.05, 4.69) is 5.32 Å². The third-order valence-electron chi connectivity index (χ3n) is 2.22. The molecular formula is C12H9Cl2FN2. The lowest BCUT2D eigenvalue weighted by molar-refractivity contribution is 0.632. The number of benzene rings is 2. The minimum atomic E-state index is -0.439. The van der Waals surface area contributed by atoms with Crippen LogP contribution in [0, 0.1) is 5.82 Å². The van der Waals surface area contributed by atoms with Crippen molar-refractivity contribution < 1.29 is 4.39 Å². The second kappa shape index (κ2) is 4.82. The fourth-order valence-electron chi connectivity index (χ4n) is 1.38. The molecule has 88 valence electrons. The summed E-state index contributed by atoms with van der Waals surface area (Å²) in [6, 6.07) is 9.37. The highest BCUT2D eigenvalue weighted by molar-refractivity contribution is 6.35. The first-order valence-corrected chi connectivity index (χ1v) is 5.59. The van der Waals surface area contributed by atoms with Crippen LogP contribution in [0.4, 0.5) is 21.5 Å². The molecule has 0 atom stereocenters. The number of anilines is 3. The van der Waals surface area contributed by atoms with Gasteiger partial charge in [0.25, 0.3) is 0 Å². The third kappa shape index (κ3) is 2.62. The number of para-hydroxylation sites is 1. The minimum Gasteiger partial charge on any atom is -0.399 e. The molecule has 0 aromatic heterocycles. The molecule has 0 aliphatic heterocycles. The summed E-state index contributed by atoms with van der Waals surface area (Å²) in [6.45, 7) is 0. The van der Waals surface area contributed by atoms with Crippen LogP contribution in [-0.2, 0) is 0 Å². The number of nitrogen functional groups attached to an aromatic ring is 1. The number of nitrogens with one attached hydrogen (secondary N) is 1. The predicted octanol–water partition coefficient (Wildman–Crippen LogP) is 4.46. The molecule has 0 radical (unpaired) electrons. The quantitative estimate of drug-likeness (QED) is 0.791. The zero-order valence-corrected chi connectivity index (χ0v) is 10.2. The Kier molecular flexibility index (Phi) is 3.41. The first-order valence-electron chi connectivity index (χ1n) is 4.84. The molecule has 5 heteroatoms. The molecule has 2 aromatic rings. The van der Waals surface area contributed by atoms with E-state index in [0.717, 1.165) is 0 Å². The van der Waals surface area contributed by atoms with Gasteiger partial charge in [0.2, 0.25) is 0 Å². The maximum Gasteiger partial charge on any atom is 0.148 e. The van der Waals surface area contributed by atoms with E-state index in [1.54, 1.807) is 24.3 Å². The number of nitrogens with two attached hydrogens (primary N) is 1. The van der Waals surface area contributed by atoms with Gasteiger partial charge in [0.15, 0.2) is 0 Å². The van der Waals surface area contributed by atoms with Gasteiger partial charge >= 0.3 is 0 Å². The zero-order valence-electron chi connectivity index (χ0n) is 8.68. The summed E-state index contributed by atoms with van der Waals surface area (Å²) in [5, 5.41) is 3.54. The largest absolute Gasteiger partial charge is 0.399 e. The van der Waals surface area contributed by atoms with Crippen LogP contribution in [0.5, 0.6) is 0 Å². The predicted molar refractivity (Wildman–Crippen MR) is 70.6 cm³/mol. The van der Waals surface area contributed by atoms with Gasteiger partial charge in [-0.1, -0.05) is 29.3 Å². The van der Waals surface area contributed by atoms with Crippen LogP contribution >= 0.6 is 23.2 Å². The molecule has 2 nitrogen and oxygen atoms in total. The van der Waals surface area contributed by atoms with E-state index >= 15 is 0 Å². The smallest absolute Gasteiger partial charge is 0.148 e. The molecule has 0 aliphatic carbocycles. The molecule has 0 spiro atoms. The van der Waals surface area contributed by atoms with Crippen LogP contribution in [0.2, 0.25) is 10.0 Å². The third-order valence-corrected chi connectivity index (χ3v) is 2.84. The Morgan fingerprint density at radius 1 is 1.06 bits per heavy atom. The molecule has 0 bridgehead atoms. The van der Waals surface area contributed by atoms with Crippen LogP contribution in [0.1, 0.15) is 0 Å². The molecular weight excluding hydrogens is 262 g/mol. The maximum absolute atomic E-state index is 13.5. The van der Waals surface area contributed by atoms with Gasteiger partial charge in [-0.15, -0.1) is 0 Å². The molecule has 0 saturated carbocycles. The lowest BCUT2D eigenvalue weighted by Gasteiger charge is -2.11. The summed E-state index contributed by atoms with van der Waals surface area (Å²) in [7, 11) is 0. The molecule has 0 saturated heterocycles. The standard InChI is InChI=1S/C12H9Cl2FN2/c13-8-2-1-3-10(15)12(8)17-11-5-4-7(16)6-9(11)14/h1-6,17H,16H2. The van der Waals surface area contributed by atoms with Crippen molar-refractivity contribution in [3.63, 3.8) is 0 Å². The number of hydrogen-bond acceptors (Lipinski definition) is 2.